The molecule has 0 saturated heterocycles. The molecule has 0 unspecified atom stereocenters. The first-order valence-corrected chi connectivity index (χ1v) is 11.2. The minimum atomic E-state index is -3.95. The van der Waals surface area contributed by atoms with Crippen molar-refractivity contribution in [3.05, 3.63) is 78.5 Å². The Morgan fingerprint density at radius 3 is 2.33 bits per heavy atom. The summed E-state index contributed by atoms with van der Waals surface area (Å²) < 4.78 is 38.9. The van der Waals surface area contributed by atoms with Crippen LogP contribution in [0.4, 0.5) is 0 Å². The van der Waals surface area contributed by atoms with Gasteiger partial charge in [0.1, 0.15) is 11.4 Å². The average molecular weight is 465 g/mol. The van der Waals surface area contributed by atoms with Crippen molar-refractivity contribution in [1.82, 2.24) is 15.0 Å². The monoisotopic (exact) mass is 465 g/mol. The van der Waals surface area contributed by atoms with E-state index in [1.807, 2.05) is 0 Å². The van der Waals surface area contributed by atoms with Crippen LogP contribution in [0.1, 0.15) is 10.4 Å². The van der Waals surface area contributed by atoms with Crippen molar-refractivity contribution in [3.8, 4) is 28.4 Å². The highest BCUT2D eigenvalue weighted by Crippen LogP contribution is 2.35. The zero-order valence-electron chi connectivity index (χ0n) is 17.7. The molecule has 0 bridgehead atoms. The van der Waals surface area contributed by atoms with Crippen molar-refractivity contribution in [1.29, 1.82) is 0 Å². The summed E-state index contributed by atoms with van der Waals surface area (Å²) >= 11 is 0. The fourth-order valence-electron chi connectivity index (χ4n) is 3.37. The maximum Gasteiger partial charge on any atom is 0.335 e. The Morgan fingerprint density at radius 1 is 0.939 bits per heavy atom. The predicted octanol–water partition coefficient (Wildman–Crippen LogP) is 3.48. The number of carboxylic acid groups (broad SMARTS) is 1. The zero-order valence-corrected chi connectivity index (χ0v) is 18.5. The van der Waals surface area contributed by atoms with Crippen LogP contribution in [0.3, 0.4) is 0 Å². The van der Waals surface area contributed by atoms with Crippen molar-refractivity contribution in [2.24, 2.45) is 0 Å². The molecule has 0 atom stereocenters. The molecule has 10 heteroatoms. The van der Waals surface area contributed by atoms with Gasteiger partial charge in [-0.3, -0.25) is 0 Å². The van der Waals surface area contributed by atoms with Gasteiger partial charge in [-0.25, -0.2) is 17.9 Å². The Morgan fingerprint density at radius 2 is 1.67 bits per heavy atom. The third kappa shape index (κ3) is 4.03. The van der Waals surface area contributed by atoms with E-state index >= 15 is 0 Å². The molecule has 0 aliphatic rings. The van der Waals surface area contributed by atoms with E-state index in [1.54, 1.807) is 42.6 Å². The molecule has 0 radical (unpaired) electrons. The third-order valence-electron chi connectivity index (χ3n) is 4.99. The van der Waals surface area contributed by atoms with Crippen LogP contribution in [0.5, 0.6) is 11.5 Å². The van der Waals surface area contributed by atoms with Gasteiger partial charge in [0, 0.05) is 5.56 Å². The highest BCUT2D eigenvalue weighted by molar-refractivity contribution is 7.91. The van der Waals surface area contributed by atoms with Gasteiger partial charge in [0.15, 0.2) is 11.5 Å². The van der Waals surface area contributed by atoms with E-state index in [1.165, 1.54) is 49.2 Å². The number of hydrogen-bond acceptors (Lipinski definition) is 7. The van der Waals surface area contributed by atoms with E-state index < -0.39 is 15.8 Å². The molecule has 4 rings (SSSR count). The maximum atomic E-state index is 13.3. The summed E-state index contributed by atoms with van der Waals surface area (Å²) in [4.78, 5) is 11.1. The Kier molecular flexibility index (Phi) is 5.84. The molecular weight excluding hydrogens is 446 g/mol. The summed E-state index contributed by atoms with van der Waals surface area (Å²) in [7, 11) is -0.917. The largest absolute Gasteiger partial charge is 0.493 e. The summed E-state index contributed by atoms with van der Waals surface area (Å²) in [6.45, 7) is 0. The molecule has 0 fully saturated rings. The van der Waals surface area contributed by atoms with Gasteiger partial charge in [-0.2, -0.15) is 0 Å². The summed E-state index contributed by atoms with van der Waals surface area (Å²) in [5, 5.41) is 17.4. The van der Waals surface area contributed by atoms with Crippen molar-refractivity contribution in [2.45, 2.75) is 9.79 Å². The summed E-state index contributed by atoms with van der Waals surface area (Å²) in [6.07, 6.45) is 1.60. The summed E-state index contributed by atoms with van der Waals surface area (Å²) in [5.41, 5.74) is 1.26. The number of hydrogen-bond donors (Lipinski definition) is 1. The molecule has 33 heavy (non-hydrogen) atoms. The Hall–Kier alpha value is -4.18. The van der Waals surface area contributed by atoms with Gasteiger partial charge in [-0.05, 0) is 42.5 Å². The molecule has 4 aromatic rings. The van der Waals surface area contributed by atoms with Crippen molar-refractivity contribution in [2.75, 3.05) is 14.2 Å². The first-order valence-electron chi connectivity index (χ1n) is 9.68. The second kappa shape index (κ2) is 8.75. The lowest BCUT2D eigenvalue weighted by molar-refractivity contribution is 0.0696. The van der Waals surface area contributed by atoms with Crippen LogP contribution in [-0.2, 0) is 9.84 Å². The highest BCUT2D eigenvalue weighted by atomic mass is 32.2. The topological polar surface area (TPSA) is 121 Å². The van der Waals surface area contributed by atoms with E-state index in [-0.39, 0.29) is 15.4 Å². The Labute approximate surface area is 189 Å². The maximum absolute atomic E-state index is 13.3. The molecule has 1 aromatic heterocycles. The van der Waals surface area contributed by atoms with Gasteiger partial charge < -0.3 is 14.6 Å². The molecule has 0 aliphatic heterocycles. The highest BCUT2D eigenvalue weighted by Gasteiger charge is 2.24. The number of aromatic carboxylic acids is 1. The molecule has 168 valence electrons. The summed E-state index contributed by atoms with van der Waals surface area (Å²) in [6, 6.07) is 16.8. The number of methoxy groups -OCH3 is 2. The third-order valence-corrected chi connectivity index (χ3v) is 6.81. The van der Waals surface area contributed by atoms with Crippen LogP contribution < -0.4 is 9.47 Å². The van der Waals surface area contributed by atoms with Crippen molar-refractivity contribution in [3.63, 3.8) is 0 Å². The second-order valence-corrected chi connectivity index (χ2v) is 8.81. The van der Waals surface area contributed by atoms with Gasteiger partial charge in [0.05, 0.1) is 35.8 Å². The smallest absolute Gasteiger partial charge is 0.335 e. The lowest BCUT2D eigenvalue weighted by atomic mass is 10.2. The number of carbonyl (C=O) groups is 1. The molecule has 0 aliphatic carbocycles. The molecule has 9 nitrogen and oxygen atoms in total. The standard InChI is InChI=1S/C23H19N3O6S/c1-31-20-8-5-7-19(22(20)32-2)26-14-18(24-25-26)17-6-3-4-9-21(17)33(29,30)16-12-10-15(11-13-16)23(27)28/h3-14H,1-2H3,(H,27,28). The van der Waals surface area contributed by atoms with Crippen molar-refractivity contribution < 1.29 is 27.8 Å². The fourth-order valence-corrected chi connectivity index (χ4v) is 4.84. The number of aromatic nitrogens is 3. The number of sulfone groups is 1. The molecular formula is C23H19N3O6S. The van der Waals surface area contributed by atoms with Crippen LogP contribution >= 0.6 is 0 Å². The van der Waals surface area contributed by atoms with E-state index in [2.05, 4.69) is 10.3 Å². The molecule has 0 spiro atoms. The van der Waals surface area contributed by atoms with Gasteiger partial charge in [0.2, 0.25) is 9.84 Å². The van der Waals surface area contributed by atoms with E-state index in [0.29, 0.717) is 28.4 Å². The van der Waals surface area contributed by atoms with Crippen LogP contribution in [-0.4, -0.2) is 48.7 Å². The van der Waals surface area contributed by atoms with Crippen LogP contribution in [0, 0.1) is 0 Å². The SMILES string of the molecule is COc1cccc(-n2cc(-c3ccccc3S(=O)(=O)c3ccc(C(=O)O)cc3)nn2)c1OC. The van der Waals surface area contributed by atoms with Gasteiger partial charge in [-0.1, -0.05) is 29.5 Å². The Balaban J connectivity index is 1.78. The zero-order chi connectivity index (χ0) is 23.6. The lowest BCUT2D eigenvalue weighted by Gasteiger charge is -2.11. The van der Waals surface area contributed by atoms with E-state index in [0.717, 1.165) is 0 Å². The molecule has 3 aromatic carbocycles. The van der Waals surface area contributed by atoms with Crippen LogP contribution in [0.2, 0.25) is 0 Å². The normalized spacial score (nSPS) is 11.2. The molecule has 1 heterocycles. The number of benzene rings is 3. The second-order valence-electron chi connectivity index (χ2n) is 6.89. The Bertz CT molecular complexity index is 1430. The van der Waals surface area contributed by atoms with Gasteiger partial charge in [0.25, 0.3) is 0 Å². The average Bonchev–Trinajstić information content (AvgIpc) is 3.33. The number of para-hydroxylation sites is 1. The predicted molar refractivity (Wildman–Crippen MR) is 119 cm³/mol. The van der Waals surface area contributed by atoms with Crippen molar-refractivity contribution >= 4 is 15.8 Å². The lowest BCUT2D eigenvalue weighted by Crippen LogP contribution is -2.05. The molecule has 0 amide bonds. The number of nitrogens with zero attached hydrogens (tertiary/aromatic N) is 3. The molecule has 1 N–H and O–H groups in total. The number of rotatable bonds is 7. The minimum absolute atomic E-state index is 0.00239. The van der Waals surface area contributed by atoms with Crippen LogP contribution in [0.15, 0.2) is 82.7 Å². The first kappa shape index (κ1) is 22.0. The number of ether oxygens (including phenoxy) is 2. The van der Waals surface area contributed by atoms with Gasteiger partial charge >= 0.3 is 5.97 Å². The first-order chi connectivity index (χ1) is 15.9. The van der Waals surface area contributed by atoms with E-state index in [9.17, 15) is 13.2 Å². The number of carboxylic acids is 1. The fraction of sp³-hybridized carbons (Fsp3) is 0.0870. The van der Waals surface area contributed by atoms with Crippen LogP contribution in [0.25, 0.3) is 16.9 Å². The summed E-state index contributed by atoms with van der Waals surface area (Å²) in [5.74, 6) is -0.167. The van der Waals surface area contributed by atoms with E-state index in [4.69, 9.17) is 14.6 Å². The van der Waals surface area contributed by atoms with Gasteiger partial charge in [-0.15, -0.1) is 5.10 Å². The molecule has 0 saturated carbocycles. The minimum Gasteiger partial charge on any atom is -0.493 e. The quantitative estimate of drug-likeness (QED) is 0.440.